The van der Waals surface area contributed by atoms with Crippen molar-refractivity contribution in [2.75, 3.05) is 26.6 Å². The number of fused-ring (bicyclic) bond motifs is 1. The fourth-order valence-electron chi connectivity index (χ4n) is 3.62. The minimum Gasteiger partial charge on any atom is -0.493 e. The summed E-state index contributed by atoms with van der Waals surface area (Å²) < 4.78 is 45.7. The quantitative estimate of drug-likeness (QED) is 0.417. The third kappa shape index (κ3) is 4.96. The van der Waals surface area contributed by atoms with E-state index in [1.54, 1.807) is 12.1 Å². The number of nitrogens with zero attached hydrogens (tertiary/aromatic N) is 2. The van der Waals surface area contributed by atoms with E-state index in [2.05, 4.69) is 10.3 Å². The van der Waals surface area contributed by atoms with E-state index >= 15 is 0 Å². The lowest BCUT2D eigenvalue weighted by Crippen LogP contribution is -2.25. The van der Waals surface area contributed by atoms with Crippen LogP contribution < -0.4 is 25.0 Å². The summed E-state index contributed by atoms with van der Waals surface area (Å²) >= 11 is 0. The summed E-state index contributed by atoms with van der Waals surface area (Å²) in [6, 6.07) is 11.3. The first-order valence-electron chi connectivity index (χ1n) is 10.4. The molecule has 0 spiro atoms. The molecule has 2 aromatic carbocycles. The van der Waals surface area contributed by atoms with Gasteiger partial charge in [0.2, 0.25) is 11.3 Å². The molecule has 0 fully saturated rings. The molecule has 0 atom stereocenters. The van der Waals surface area contributed by atoms with Crippen molar-refractivity contribution >= 4 is 22.6 Å². The van der Waals surface area contributed by atoms with Crippen LogP contribution in [0.25, 0.3) is 11.0 Å². The van der Waals surface area contributed by atoms with Crippen LogP contribution in [-0.4, -0.2) is 42.3 Å². The molecule has 0 unspecified atom stereocenters. The number of pyridine rings is 2. The zero-order valence-corrected chi connectivity index (χ0v) is 19.6. The second-order valence-corrected chi connectivity index (χ2v) is 7.45. The van der Waals surface area contributed by atoms with Crippen LogP contribution in [0.1, 0.15) is 15.9 Å². The van der Waals surface area contributed by atoms with E-state index in [1.165, 1.54) is 56.4 Å². The van der Waals surface area contributed by atoms with Crippen molar-refractivity contribution in [2.45, 2.75) is 6.54 Å². The number of ether oxygens (including phenoxy) is 3. The largest absolute Gasteiger partial charge is 0.493 e. The van der Waals surface area contributed by atoms with E-state index in [1.807, 2.05) is 0 Å². The highest BCUT2D eigenvalue weighted by molar-refractivity contribution is 6.05. The first-order valence-corrected chi connectivity index (χ1v) is 10.4. The molecule has 0 aliphatic rings. The van der Waals surface area contributed by atoms with Gasteiger partial charge in [-0.3, -0.25) is 9.59 Å². The summed E-state index contributed by atoms with van der Waals surface area (Å²) in [5.74, 6) is -1.26. The van der Waals surface area contributed by atoms with Gasteiger partial charge in [0.25, 0.3) is 5.91 Å². The molecule has 9 nitrogen and oxygen atoms in total. The molecule has 4 aromatic rings. The Morgan fingerprint density at radius 3 is 2.31 bits per heavy atom. The fourth-order valence-corrected chi connectivity index (χ4v) is 3.62. The Morgan fingerprint density at radius 2 is 1.67 bits per heavy atom. The van der Waals surface area contributed by atoms with Crippen LogP contribution in [-0.2, 0) is 6.54 Å². The molecule has 188 valence electrons. The average molecular weight is 499 g/mol. The summed E-state index contributed by atoms with van der Waals surface area (Å²) in [6.45, 7) is -0.278. The van der Waals surface area contributed by atoms with E-state index in [0.29, 0.717) is 17.2 Å². The Bertz CT molecular complexity index is 1470. The Hall–Kier alpha value is -4.51. The van der Waals surface area contributed by atoms with Gasteiger partial charge in [0.1, 0.15) is 22.7 Å². The topological polar surface area (TPSA) is 123 Å². The smallest absolute Gasteiger partial charge is 0.261 e. The van der Waals surface area contributed by atoms with Gasteiger partial charge in [-0.15, -0.1) is 0 Å². The van der Waals surface area contributed by atoms with E-state index in [9.17, 15) is 18.4 Å². The van der Waals surface area contributed by atoms with Crippen molar-refractivity contribution in [2.24, 2.45) is 0 Å². The molecule has 36 heavy (non-hydrogen) atoms. The van der Waals surface area contributed by atoms with Gasteiger partial charge in [-0.2, -0.15) is 0 Å². The number of carbonyl (C=O) groups excluding carboxylic acids is 1. The van der Waals surface area contributed by atoms with Gasteiger partial charge in [-0.05, 0) is 30.3 Å². The van der Waals surface area contributed by atoms with Crippen LogP contribution in [0.5, 0.6) is 17.4 Å². The molecule has 3 N–H and O–H groups in total. The highest BCUT2D eigenvalue weighted by Crippen LogP contribution is 2.30. The zero-order valence-electron chi connectivity index (χ0n) is 19.6. The number of nitrogens with one attached hydrogen (secondary N) is 1. The van der Waals surface area contributed by atoms with Crippen molar-refractivity contribution in [3.8, 4) is 17.4 Å². The highest BCUT2D eigenvalue weighted by atomic mass is 19.1. The summed E-state index contributed by atoms with van der Waals surface area (Å²) in [7, 11) is 4.31. The first kappa shape index (κ1) is 26.1. The zero-order chi connectivity index (χ0) is 25.1. The second kappa shape index (κ2) is 10.8. The van der Waals surface area contributed by atoms with Gasteiger partial charge in [-0.25, -0.2) is 13.8 Å². The summed E-state index contributed by atoms with van der Waals surface area (Å²) in [5.41, 5.74) is -0.619. The molecule has 0 saturated carbocycles. The predicted molar refractivity (Wildman–Crippen MR) is 129 cm³/mol. The molecule has 2 heterocycles. The van der Waals surface area contributed by atoms with E-state index < -0.39 is 23.0 Å². The van der Waals surface area contributed by atoms with Gasteiger partial charge < -0.3 is 29.6 Å². The van der Waals surface area contributed by atoms with Gasteiger partial charge in [-0.1, -0.05) is 6.07 Å². The number of aromatic nitrogens is 2. The summed E-state index contributed by atoms with van der Waals surface area (Å²) in [4.78, 5) is 30.5. The minimum atomic E-state index is -0.755. The van der Waals surface area contributed by atoms with Gasteiger partial charge >= 0.3 is 0 Å². The number of hydrogen-bond donors (Lipinski definition) is 1. The standard InChI is InChI=1S/C25H21F2N3O5.H2O/c1-33-20-9-7-14(11-21(20)34-2)28-25(32)16-13-30(12-15-17(26)5-4-6-18(15)27)19-8-10-22(35-3)29-23(19)24(16)31;/h4-11,13H,12H2,1-3H3,(H,28,32);1H2. The maximum absolute atomic E-state index is 14.4. The number of carbonyl (C=O) groups is 1. The van der Waals surface area contributed by atoms with Crippen LogP contribution in [0.2, 0.25) is 0 Å². The van der Waals surface area contributed by atoms with Gasteiger partial charge in [0, 0.05) is 29.6 Å². The number of amides is 1. The Morgan fingerprint density at radius 1 is 0.972 bits per heavy atom. The van der Waals surface area contributed by atoms with Crippen LogP contribution in [0.3, 0.4) is 0 Å². The van der Waals surface area contributed by atoms with E-state index in [0.717, 1.165) is 12.1 Å². The number of methoxy groups -OCH3 is 3. The van der Waals surface area contributed by atoms with Gasteiger partial charge in [0.15, 0.2) is 11.5 Å². The molecule has 0 aliphatic carbocycles. The van der Waals surface area contributed by atoms with E-state index in [4.69, 9.17) is 14.2 Å². The average Bonchev–Trinajstić information content (AvgIpc) is 2.87. The third-order valence-corrected chi connectivity index (χ3v) is 5.39. The van der Waals surface area contributed by atoms with E-state index in [-0.39, 0.29) is 40.1 Å². The fraction of sp³-hybridized carbons (Fsp3) is 0.160. The molecule has 0 aliphatic heterocycles. The first-order chi connectivity index (χ1) is 16.9. The molecule has 2 aromatic heterocycles. The molecule has 0 radical (unpaired) electrons. The van der Waals surface area contributed by atoms with Crippen LogP contribution in [0.15, 0.2) is 59.5 Å². The Kier molecular flexibility index (Phi) is 7.85. The molecule has 4 rings (SSSR count). The third-order valence-electron chi connectivity index (χ3n) is 5.39. The molecule has 0 bridgehead atoms. The van der Waals surface area contributed by atoms with Gasteiger partial charge in [0.05, 0.1) is 33.4 Å². The van der Waals surface area contributed by atoms with Crippen LogP contribution >= 0.6 is 0 Å². The van der Waals surface area contributed by atoms with Crippen molar-refractivity contribution in [1.29, 1.82) is 0 Å². The van der Waals surface area contributed by atoms with Crippen LogP contribution in [0.4, 0.5) is 14.5 Å². The lowest BCUT2D eigenvalue weighted by Gasteiger charge is -2.15. The Balaban J connectivity index is 0.00000361. The minimum absolute atomic E-state index is 0. The highest BCUT2D eigenvalue weighted by Gasteiger charge is 2.20. The summed E-state index contributed by atoms with van der Waals surface area (Å²) in [6.07, 6.45) is 1.25. The monoisotopic (exact) mass is 499 g/mol. The molecule has 0 saturated heterocycles. The molecular formula is C25H23F2N3O6. The summed E-state index contributed by atoms with van der Waals surface area (Å²) in [5, 5.41) is 2.64. The maximum atomic E-state index is 14.4. The second-order valence-electron chi connectivity index (χ2n) is 7.45. The number of benzene rings is 2. The molecule has 11 heteroatoms. The maximum Gasteiger partial charge on any atom is 0.261 e. The molecule has 1 amide bonds. The number of anilines is 1. The number of hydrogen-bond acceptors (Lipinski definition) is 6. The van der Waals surface area contributed by atoms with Crippen molar-refractivity contribution in [3.05, 3.63) is 87.7 Å². The normalized spacial score (nSPS) is 10.5. The predicted octanol–water partition coefficient (Wildman–Crippen LogP) is 3.18. The number of rotatable bonds is 7. The SMILES string of the molecule is COc1ccc2c(n1)c(=O)c(C(=O)Nc1ccc(OC)c(OC)c1)cn2Cc1c(F)cccc1F.O. The van der Waals surface area contributed by atoms with Crippen molar-refractivity contribution in [1.82, 2.24) is 9.55 Å². The molecular weight excluding hydrogens is 476 g/mol. The lowest BCUT2D eigenvalue weighted by atomic mass is 10.1. The lowest BCUT2D eigenvalue weighted by molar-refractivity contribution is 0.102. The number of halogens is 2. The van der Waals surface area contributed by atoms with Crippen molar-refractivity contribution in [3.63, 3.8) is 0 Å². The van der Waals surface area contributed by atoms with Crippen molar-refractivity contribution < 1.29 is 33.3 Å². The van der Waals surface area contributed by atoms with Crippen LogP contribution in [0, 0.1) is 11.6 Å². The Labute approximate surface area is 204 Å².